The molecule has 5 heteroatoms. The van der Waals surface area contributed by atoms with Crippen LogP contribution in [-0.4, -0.2) is 0 Å². The molecule has 10 aromatic carbocycles. The predicted octanol–water partition coefficient (Wildman–Crippen LogP) is 19.6. The quantitative estimate of drug-likeness (QED) is 0.135. The monoisotopic (exact) mass is 936 g/mol. The van der Waals surface area contributed by atoms with E-state index in [1.54, 1.807) is 0 Å². The van der Waals surface area contributed by atoms with Gasteiger partial charge in [0.25, 0.3) is 0 Å². The minimum absolute atomic E-state index is 0.193. The zero-order chi connectivity index (χ0) is 45.7. The molecule has 12 aromatic rings. The van der Waals surface area contributed by atoms with E-state index >= 15 is 0 Å². The molecule has 0 saturated carbocycles. The molecule has 13 rings (SSSR count). The number of hydrogen-bond donors (Lipinski definition) is 0. The molecule has 0 spiro atoms. The summed E-state index contributed by atoms with van der Waals surface area (Å²) in [5, 5.41) is 12.1. The highest BCUT2D eigenvalue weighted by molar-refractivity contribution is 8.03. The molecule has 1 unspecified atom stereocenters. The van der Waals surface area contributed by atoms with Gasteiger partial charge in [-0.05, 0) is 117 Å². The van der Waals surface area contributed by atoms with Gasteiger partial charge in [0, 0.05) is 52.4 Å². The number of thioether (sulfide) groups is 1. The van der Waals surface area contributed by atoms with Crippen LogP contribution >= 0.6 is 34.4 Å². The molecule has 1 atom stereocenters. The van der Waals surface area contributed by atoms with Crippen LogP contribution in [0.25, 0.3) is 63.3 Å². The number of nitrogens with zero attached hydrogens (tertiary/aromatic N) is 2. The fraction of sp³-hybridized carbons (Fsp3) is 0.0312. The summed E-state index contributed by atoms with van der Waals surface area (Å²) >= 11 is 5.73. The van der Waals surface area contributed by atoms with Gasteiger partial charge in [-0.15, -0.1) is 34.4 Å². The summed E-state index contributed by atoms with van der Waals surface area (Å²) in [6.45, 7) is 0. The van der Waals surface area contributed by atoms with E-state index in [0.717, 1.165) is 29.2 Å². The maximum absolute atomic E-state index is 2.44. The van der Waals surface area contributed by atoms with Crippen LogP contribution in [0.15, 0.2) is 254 Å². The molecule has 2 aromatic heterocycles. The Hall–Kier alpha value is -7.67. The van der Waals surface area contributed by atoms with E-state index in [2.05, 4.69) is 264 Å². The maximum atomic E-state index is 2.44. The Balaban J connectivity index is 0.818. The zero-order valence-corrected chi connectivity index (χ0v) is 40.0. The first-order valence-corrected chi connectivity index (χ1v) is 26.0. The Morgan fingerprint density at radius 1 is 0.333 bits per heavy atom. The lowest BCUT2D eigenvalue weighted by Crippen LogP contribution is -2.19. The number of rotatable bonds is 10. The normalized spacial score (nSPS) is 14.6. The van der Waals surface area contributed by atoms with Gasteiger partial charge in [0.15, 0.2) is 0 Å². The molecule has 69 heavy (non-hydrogen) atoms. The van der Waals surface area contributed by atoms with Gasteiger partial charge in [-0.1, -0.05) is 176 Å². The van der Waals surface area contributed by atoms with E-state index in [9.17, 15) is 0 Å². The van der Waals surface area contributed by atoms with Crippen molar-refractivity contribution < 1.29 is 0 Å². The van der Waals surface area contributed by atoms with E-state index in [-0.39, 0.29) is 4.75 Å². The van der Waals surface area contributed by atoms with Crippen LogP contribution < -0.4 is 9.80 Å². The van der Waals surface area contributed by atoms with Gasteiger partial charge in [0.2, 0.25) is 0 Å². The highest BCUT2D eigenvalue weighted by Gasteiger charge is 2.38. The van der Waals surface area contributed by atoms with Gasteiger partial charge in [0.05, 0.1) is 27.5 Å². The number of anilines is 6. The number of thiophene rings is 2. The lowest BCUT2D eigenvalue weighted by molar-refractivity contribution is 0.787. The average molecular weight is 937 g/mol. The molecule has 0 fully saturated rings. The van der Waals surface area contributed by atoms with Crippen molar-refractivity contribution in [2.45, 2.75) is 11.2 Å². The molecule has 1 aliphatic heterocycles. The van der Waals surface area contributed by atoms with Crippen molar-refractivity contribution in [1.29, 1.82) is 0 Å². The van der Waals surface area contributed by atoms with Crippen molar-refractivity contribution in [3.8, 4) is 20.2 Å². The van der Waals surface area contributed by atoms with Crippen molar-refractivity contribution in [1.82, 2.24) is 0 Å². The molecule has 2 nitrogen and oxygen atoms in total. The van der Waals surface area contributed by atoms with Gasteiger partial charge in [-0.2, -0.15) is 0 Å². The summed E-state index contributed by atoms with van der Waals surface area (Å²) in [4.78, 5) is 10.1. The van der Waals surface area contributed by atoms with Crippen LogP contribution in [0.4, 0.5) is 34.1 Å². The first-order chi connectivity index (χ1) is 34.2. The summed E-state index contributed by atoms with van der Waals surface area (Å²) in [6, 6.07) is 89.1. The largest absolute Gasteiger partial charge is 0.309 e. The Kier molecular flexibility index (Phi) is 10.5. The molecule has 0 aliphatic carbocycles. The molecule has 328 valence electrons. The molecule has 0 bridgehead atoms. The SMILES string of the molecule is C1=CSC(c2ccc(N(c3cccc4ccccc34)c3cccc4ccccc34)cc2)(c2ccc(-c3ccc(-c4ccc(N(c5cccc6ccccc56)c5cccc6ccccc56)cc4)s3)s2)C1. The van der Waals surface area contributed by atoms with Crippen LogP contribution in [0.3, 0.4) is 0 Å². The van der Waals surface area contributed by atoms with Gasteiger partial charge >= 0.3 is 0 Å². The number of hydrogen-bond acceptors (Lipinski definition) is 5. The zero-order valence-electron chi connectivity index (χ0n) is 37.6. The Bertz CT molecular complexity index is 3690. The molecule has 0 radical (unpaired) electrons. The smallest absolute Gasteiger partial charge is 0.0825 e. The van der Waals surface area contributed by atoms with Crippen LogP contribution in [0.1, 0.15) is 16.9 Å². The minimum Gasteiger partial charge on any atom is -0.309 e. The Morgan fingerprint density at radius 3 is 1.17 bits per heavy atom. The second-order valence-corrected chi connectivity index (χ2v) is 21.0. The third-order valence-electron chi connectivity index (χ3n) is 13.7. The topological polar surface area (TPSA) is 6.48 Å². The van der Waals surface area contributed by atoms with Gasteiger partial charge in [0.1, 0.15) is 0 Å². The fourth-order valence-electron chi connectivity index (χ4n) is 10.3. The summed E-state index contributed by atoms with van der Waals surface area (Å²) in [5.74, 6) is 0. The highest BCUT2D eigenvalue weighted by Crippen LogP contribution is 2.55. The van der Waals surface area contributed by atoms with Crippen LogP contribution in [0.2, 0.25) is 0 Å². The van der Waals surface area contributed by atoms with Crippen molar-refractivity contribution in [3.63, 3.8) is 0 Å². The maximum Gasteiger partial charge on any atom is 0.0825 e. The average Bonchev–Trinajstić information content (AvgIpc) is 4.23. The summed E-state index contributed by atoms with van der Waals surface area (Å²) in [7, 11) is 0. The van der Waals surface area contributed by atoms with Gasteiger partial charge in [-0.25, -0.2) is 0 Å². The molecule has 0 amide bonds. The first-order valence-electron chi connectivity index (χ1n) is 23.4. The first kappa shape index (κ1) is 41.5. The third kappa shape index (κ3) is 7.33. The standard InChI is InChI=1S/C64H44N2S3/c1-5-22-52-44(14-1)18-9-26-56(52)65(57-27-10-19-45-15-2-6-23-53(45)57)50-34-30-48(31-35-50)60-38-39-61(68-60)62-40-41-63(69-62)64(42-13-43-67-64)49-32-36-51(37-33-49)66(58-28-11-20-46-16-3-7-24-54(46)58)59-29-12-21-47-17-4-8-25-55(47)59/h1-41,43H,42H2. The Morgan fingerprint density at radius 2 is 0.725 bits per heavy atom. The lowest BCUT2D eigenvalue weighted by Gasteiger charge is -2.31. The van der Waals surface area contributed by atoms with Crippen molar-refractivity contribution >= 4 is 112 Å². The summed E-state index contributed by atoms with van der Waals surface area (Å²) in [5.41, 5.74) is 9.47. The molecule has 3 heterocycles. The van der Waals surface area contributed by atoms with Crippen LogP contribution in [0.5, 0.6) is 0 Å². The molecular formula is C64H44N2S3. The van der Waals surface area contributed by atoms with E-state index in [0.29, 0.717) is 0 Å². The van der Waals surface area contributed by atoms with E-state index in [1.807, 2.05) is 34.4 Å². The number of fused-ring (bicyclic) bond motifs is 4. The number of allylic oxidation sites excluding steroid dienone is 1. The van der Waals surface area contributed by atoms with Gasteiger partial charge < -0.3 is 9.80 Å². The third-order valence-corrected chi connectivity index (χ3v) is 17.7. The summed E-state index contributed by atoms with van der Waals surface area (Å²) in [6.07, 6.45) is 3.29. The van der Waals surface area contributed by atoms with Crippen LogP contribution in [-0.2, 0) is 4.75 Å². The van der Waals surface area contributed by atoms with Gasteiger partial charge in [-0.3, -0.25) is 0 Å². The minimum atomic E-state index is -0.193. The van der Waals surface area contributed by atoms with Crippen molar-refractivity contribution in [2.24, 2.45) is 0 Å². The van der Waals surface area contributed by atoms with E-state index in [1.165, 1.54) is 85.1 Å². The fourth-order valence-corrected chi connectivity index (χ4v) is 13.9. The lowest BCUT2D eigenvalue weighted by atomic mass is 9.92. The number of benzene rings is 10. The van der Waals surface area contributed by atoms with Crippen molar-refractivity contribution in [2.75, 3.05) is 9.80 Å². The molecular weight excluding hydrogens is 893 g/mol. The molecule has 1 aliphatic rings. The van der Waals surface area contributed by atoms with E-state index in [4.69, 9.17) is 0 Å². The second-order valence-electron chi connectivity index (χ2n) is 17.6. The highest BCUT2D eigenvalue weighted by atomic mass is 32.2. The second kappa shape index (κ2) is 17.4. The van der Waals surface area contributed by atoms with Crippen molar-refractivity contribution in [3.05, 3.63) is 265 Å². The van der Waals surface area contributed by atoms with E-state index < -0.39 is 0 Å². The Labute approximate surface area is 414 Å². The van der Waals surface area contributed by atoms with Crippen LogP contribution in [0, 0.1) is 0 Å². The molecule has 0 N–H and O–H groups in total. The summed E-state index contributed by atoms with van der Waals surface area (Å²) < 4.78 is -0.193. The molecule has 0 saturated heterocycles. The predicted molar refractivity (Wildman–Crippen MR) is 301 cm³/mol.